The standard InChI is InChI=1S/C15H14O3/c1-18-14-4-2-3-12(10-14)15(17)9-11-5-7-13(16)8-6-11/h2-8,10,16H,9H2,1H3. The molecule has 0 saturated carbocycles. The van der Waals surface area contributed by atoms with Gasteiger partial charge in [-0.1, -0.05) is 24.3 Å². The van der Waals surface area contributed by atoms with E-state index in [-0.39, 0.29) is 11.5 Å². The molecule has 0 aromatic heterocycles. The molecule has 3 nitrogen and oxygen atoms in total. The number of benzene rings is 2. The highest BCUT2D eigenvalue weighted by Crippen LogP contribution is 2.16. The van der Waals surface area contributed by atoms with E-state index in [0.717, 1.165) is 5.56 Å². The van der Waals surface area contributed by atoms with Gasteiger partial charge in [-0.25, -0.2) is 0 Å². The molecule has 1 N–H and O–H groups in total. The molecule has 0 saturated heterocycles. The fourth-order valence-corrected chi connectivity index (χ4v) is 1.70. The van der Waals surface area contributed by atoms with Gasteiger partial charge in [-0.3, -0.25) is 4.79 Å². The van der Waals surface area contributed by atoms with E-state index in [1.165, 1.54) is 0 Å². The first-order valence-electron chi connectivity index (χ1n) is 5.64. The first-order chi connectivity index (χ1) is 8.69. The van der Waals surface area contributed by atoms with Crippen molar-refractivity contribution in [3.8, 4) is 11.5 Å². The molecule has 0 heterocycles. The number of ketones is 1. The van der Waals surface area contributed by atoms with Crippen LogP contribution in [0.4, 0.5) is 0 Å². The van der Waals surface area contributed by atoms with Crippen LogP contribution in [0.15, 0.2) is 48.5 Å². The number of ether oxygens (including phenoxy) is 1. The molecular weight excluding hydrogens is 228 g/mol. The summed E-state index contributed by atoms with van der Waals surface area (Å²) in [5, 5.41) is 9.17. The van der Waals surface area contributed by atoms with Crippen LogP contribution in [0.5, 0.6) is 11.5 Å². The SMILES string of the molecule is COc1cccc(C(=O)Cc2ccc(O)cc2)c1. The van der Waals surface area contributed by atoms with Crippen molar-refractivity contribution in [3.05, 3.63) is 59.7 Å². The van der Waals surface area contributed by atoms with Gasteiger partial charge < -0.3 is 9.84 Å². The molecule has 0 unspecified atom stereocenters. The van der Waals surface area contributed by atoms with E-state index in [1.807, 2.05) is 0 Å². The van der Waals surface area contributed by atoms with E-state index in [1.54, 1.807) is 55.6 Å². The van der Waals surface area contributed by atoms with Crippen LogP contribution < -0.4 is 4.74 Å². The van der Waals surface area contributed by atoms with Crippen molar-refractivity contribution < 1.29 is 14.6 Å². The van der Waals surface area contributed by atoms with Crippen molar-refractivity contribution in [2.45, 2.75) is 6.42 Å². The van der Waals surface area contributed by atoms with Crippen molar-refractivity contribution in [3.63, 3.8) is 0 Å². The lowest BCUT2D eigenvalue weighted by molar-refractivity contribution is 0.0992. The van der Waals surface area contributed by atoms with Crippen molar-refractivity contribution in [1.29, 1.82) is 0 Å². The van der Waals surface area contributed by atoms with Crippen LogP contribution in [-0.2, 0) is 6.42 Å². The Balaban J connectivity index is 2.14. The minimum atomic E-state index is 0.0274. The van der Waals surface area contributed by atoms with Gasteiger partial charge >= 0.3 is 0 Å². The second-order valence-corrected chi connectivity index (χ2v) is 4.00. The van der Waals surface area contributed by atoms with Crippen molar-refractivity contribution in [1.82, 2.24) is 0 Å². The Kier molecular flexibility index (Phi) is 3.63. The number of methoxy groups -OCH3 is 1. The van der Waals surface area contributed by atoms with E-state index in [2.05, 4.69) is 0 Å². The van der Waals surface area contributed by atoms with E-state index < -0.39 is 0 Å². The predicted octanol–water partition coefficient (Wildman–Crippen LogP) is 2.83. The normalized spacial score (nSPS) is 10.1. The Bertz CT molecular complexity index is 544. The highest BCUT2D eigenvalue weighted by atomic mass is 16.5. The number of hydrogen-bond donors (Lipinski definition) is 1. The monoisotopic (exact) mass is 242 g/mol. The van der Waals surface area contributed by atoms with Gasteiger partial charge in [0.05, 0.1) is 7.11 Å². The second-order valence-electron chi connectivity index (χ2n) is 4.00. The molecule has 0 fully saturated rings. The molecule has 0 aliphatic heterocycles. The largest absolute Gasteiger partial charge is 0.508 e. The third kappa shape index (κ3) is 2.88. The fraction of sp³-hybridized carbons (Fsp3) is 0.133. The summed E-state index contributed by atoms with van der Waals surface area (Å²) in [6, 6.07) is 13.7. The number of aromatic hydroxyl groups is 1. The predicted molar refractivity (Wildman–Crippen MR) is 69.1 cm³/mol. The van der Waals surface area contributed by atoms with E-state index in [4.69, 9.17) is 4.74 Å². The Morgan fingerprint density at radius 3 is 2.56 bits per heavy atom. The summed E-state index contributed by atoms with van der Waals surface area (Å²) in [6.45, 7) is 0. The number of carbonyl (C=O) groups is 1. The molecule has 0 bridgehead atoms. The summed E-state index contributed by atoms with van der Waals surface area (Å²) in [5.41, 5.74) is 1.50. The molecule has 3 heteroatoms. The van der Waals surface area contributed by atoms with Crippen LogP contribution in [-0.4, -0.2) is 18.0 Å². The Labute approximate surface area is 106 Å². The number of carbonyl (C=O) groups excluding carboxylic acids is 1. The summed E-state index contributed by atoms with van der Waals surface area (Å²) >= 11 is 0. The maximum Gasteiger partial charge on any atom is 0.167 e. The van der Waals surface area contributed by atoms with Gasteiger partial charge in [0.25, 0.3) is 0 Å². The zero-order chi connectivity index (χ0) is 13.0. The maximum atomic E-state index is 12.0. The minimum Gasteiger partial charge on any atom is -0.508 e. The highest BCUT2D eigenvalue weighted by molar-refractivity contribution is 5.97. The lowest BCUT2D eigenvalue weighted by Crippen LogP contribution is -2.03. The average Bonchev–Trinajstić information content (AvgIpc) is 2.41. The summed E-state index contributed by atoms with van der Waals surface area (Å²) < 4.78 is 5.09. The first kappa shape index (κ1) is 12.2. The first-order valence-corrected chi connectivity index (χ1v) is 5.64. The summed E-state index contributed by atoms with van der Waals surface area (Å²) in [4.78, 5) is 12.0. The highest BCUT2D eigenvalue weighted by Gasteiger charge is 2.08. The molecule has 92 valence electrons. The number of rotatable bonds is 4. The van der Waals surface area contributed by atoms with Crippen LogP contribution >= 0.6 is 0 Å². The molecule has 0 amide bonds. The quantitative estimate of drug-likeness (QED) is 0.838. The van der Waals surface area contributed by atoms with Crippen LogP contribution in [0.3, 0.4) is 0 Å². The third-order valence-corrected chi connectivity index (χ3v) is 2.69. The van der Waals surface area contributed by atoms with Crippen molar-refractivity contribution in [2.24, 2.45) is 0 Å². The van der Waals surface area contributed by atoms with Crippen LogP contribution in [0.25, 0.3) is 0 Å². The van der Waals surface area contributed by atoms with Gasteiger partial charge in [0.15, 0.2) is 5.78 Å². The molecule has 18 heavy (non-hydrogen) atoms. The Morgan fingerprint density at radius 2 is 1.89 bits per heavy atom. The van der Waals surface area contributed by atoms with Crippen LogP contribution in [0, 0.1) is 0 Å². The molecule has 0 aliphatic rings. The van der Waals surface area contributed by atoms with Gasteiger partial charge in [0.2, 0.25) is 0 Å². The lowest BCUT2D eigenvalue weighted by atomic mass is 10.0. The summed E-state index contributed by atoms with van der Waals surface area (Å²) in [7, 11) is 1.57. The minimum absolute atomic E-state index is 0.0274. The van der Waals surface area contributed by atoms with Crippen molar-refractivity contribution >= 4 is 5.78 Å². The van der Waals surface area contributed by atoms with Gasteiger partial charge in [-0.2, -0.15) is 0 Å². The van der Waals surface area contributed by atoms with E-state index in [9.17, 15) is 9.90 Å². The van der Waals surface area contributed by atoms with E-state index in [0.29, 0.717) is 17.7 Å². The van der Waals surface area contributed by atoms with Crippen LogP contribution in [0.2, 0.25) is 0 Å². The lowest BCUT2D eigenvalue weighted by Gasteiger charge is -2.04. The Hall–Kier alpha value is -2.29. The molecule has 2 aromatic rings. The fourth-order valence-electron chi connectivity index (χ4n) is 1.70. The van der Waals surface area contributed by atoms with Gasteiger partial charge in [-0.05, 0) is 29.8 Å². The van der Waals surface area contributed by atoms with Gasteiger partial charge in [0, 0.05) is 12.0 Å². The number of Topliss-reactive ketones (excluding diaryl/α,β-unsaturated/α-hetero) is 1. The third-order valence-electron chi connectivity index (χ3n) is 2.69. The van der Waals surface area contributed by atoms with Crippen molar-refractivity contribution in [2.75, 3.05) is 7.11 Å². The smallest absolute Gasteiger partial charge is 0.167 e. The summed E-state index contributed by atoms with van der Waals surface area (Å²) in [6.07, 6.45) is 0.313. The topological polar surface area (TPSA) is 46.5 Å². The molecule has 0 atom stereocenters. The van der Waals surface area contributed by atoms with Gasteiger partial charge in [0.1, 0.15) is 11.5 Å². The Morgan fingerprint density at radius 1 is 1.17 bits per heavy atom. The maximum absolute atomic E-state index is 12.0. The molecule has 0 aliphatic carbocycles. The zero-order valence-corrected chi connectivity index (χ0v) is 10.1. The van der Waals surface area contributed by atoms with Crippen LogP contribution in [0.1, 0.15) is 15.9 Å². The number of hydrogen-bond acceptors (Lipinski definition) is 3. The molecule has 2 rings (SSSR count). The summed E-state index contributed by atoms with van der Waals surface area (Å²) in [5.74, 6) is 0.902. The zero-order valence-electron chi connectivity index (χ0n) is 10.1. The number of phenols is 1. The average molecular weight is 242 g/mol. The molecule has 0 spiro atoms. The molecule has 2 aromatic carbocycles. The van der Waals surface area contributed by atoms with E-state index >= 15 is 0 Å². The molecular formula is C15H14O3. The van der Waals surface area contributed by atoms with Gasteiger partial charge in [-0.15, -0.1) is 0 Å². The molecule has 0 radical (unpaired) electrons. The number of phenolic OH excluding ortho intramolecular Hbond substituents is 1. The second kappa shape index (κ2) is 5.36.